The molecule has 0 aromatic carbocycles. The summed E-state index contributed by atoms with van der Waals surface area (Å²) >= 11 is 0. The first kappa shape index (κ1) is 13.9. The number of carbonyl (C=O) groups excluding carboxylic acids is 1. The van der Waals surface area contributed by atoms with Gasteiger partial charge in [-0.05, 0) is 13.8 Å². The fourth-order valence-corrected chi connectivity index (χ4v) is 1.22. The molecular formula is C10H19NO4. The van der Waals surface area contributed by atoms with Gasteiger partial charge in [-0.25, -0.2) is 0 Å². The fourth-order valence-electron chi connectivity index (χ4n) is 1.22. The third-order valence-corrected chi connectivity index (χ3v) is 2.03. The van der Waals surface area contributed by atoms with Crippen LogP contribution in [0.15, 0.2) is 0 Å². The summed E-state index contributed by atoms with van der Waals surface area (Å²) in [7, 11) is 1.57. The molecule has 15 heavy (non-hydrogen) atoms. The molecule has 1 amide bonds. The van der Waals surface area contributed by atoms with Gasteiger partial charge in [-0.3, -0.25) is 9.59 Å². The van der Waals surface area contributed by atoms with Gasteiger partial charge in [0.2, 0.25) is 5.91 Å². The van der Waals surface area contributed by atoms with Crippen molar-refractivity contribution in [2.75, 3.05) is 20.3 Å². The minimum atomic E-state index is -0.946. The van der Waals surface area contributed by atoms with E-state index >= 15 is 0 Å². The maximum atomic E-state index is 11.6. The molecule has 0 aliphatic rings. The van der Waals surface area contributed by atoms with Gasteiger partial charge in [0.15, 0.2) is 0 Å². The average molecular weight is 217 g/mol. The van der Waals surface area contributed by atoms with Crippen molar-refractivity contribution >= 4 is 11.9 Å². The zero-order valence-electron chi connectivity index (χ0n) is 9.52. The molecule has 0 bridgehead atoms. The lowest BCUT2D eigenvalue weighted by Gasteiger charge is -2.26. The molecular weight excluding hydrogens is 198 g/mol. The van der Waals surface area contributed by atoms with Crippen molar-refractivity contribution in [1.82, 2.24) is 4.90 Å². The first-order valence-electron chi connectivity index (χ1n) is 4.99. The Balaban J connectivity index is 4.10. The van der Waals surface area contributed by atoms with Gasteiger partial charge in [0, 0.05) is 26.1 Å². The smallest absolute Gasteiger partial charge is 0.303 e. The quantitative estimate of drug-likeness (QED) is 0.682. The van der Waals surface area contributed by atoms with E-state index in [2.05, 4.69) is 0 Å². The lowest BCUT2D eigenvalue weighted by Crippen LogP contribution is -2.39. The summed E-state index contributed by atoms with van der Waals surface area (Å²) in [6.45, 7) is 4.77. The molecule has 5 heteroatoms. The highest BCUT2D eigenvalue weighted by atomic mass is 16.5. The van der Waals surface area contributed by atoms with Crippen LogP contribution in [0.5, 0.6) is 0 Å². The number of hydrogen-bond donors (Lipinski definition) is 1. The van der Waals surface area contributed by atoms with E-state index in [4.69, 9.17) is 9.84 Å². The highest BCUT2D eigenvalue weighted by Crippen LogP contribution is 2.03. The molecule has 0 radical (unpaired) electrons. The molecule has 0 aliphatic carbocycles. The molecule has 0 heterocycles. The molecule has 0 saturated carbocycles. The molecule has 0 aliphatic heterocycles. The predicted octanol–water partition coefficient (Wildman–Crippen LogP) is 0.735. The fraction of sp³-hybridized carbons (Fsp3) is 0.800. The average Bonchev–Trinajstić information content (AvgIpc) is 2.14. The van der Waals surface area contributed by atoms with E-state index in [1.807, 2.05) is 13.8 Å². The molecule has 0 spiro atoms. The summed E-state index contributed by atoms with van der Waals surface area (Å²) in [6.07, 6.45) is -0.0632. The zero-order chi connectivity index (χ0) is 11.8. The van der Waals surface area contributed by atoms with E-state index in [0.717, 1.165) is 0 Å². The van der Waals surface area contributed by atoms with Crippen molar-refractivity contribution in [2.45, 2.75) is 32.7 Å². The van der Waals surface area contributed by atoms with Crippen molar-refractivity contribution in [3.63, 3.8) is 0 Å². The second kappa shape index (κ2) is 7.23. The van der Waals surface area contributed by atoms with Crippen LogP contribution in [0.1, 0.15) is 26.7 Å². The van der Waals surface area contributed by atoms with E-state index in [1.54, 1.807) is 12.0 Å². The summed E-state index contributed by atoms with van der Waals surface area (Å²) in [5.74, 6) is -1.08. The minimum absolute atomic E-state index is 0.0528. The summed E-state index contributed by atoms with van der Waals surface area (Å²) in [5.41, 5.74) is 0. The van der Waals surface area contributed by atoms with Gasteiger partial charge >= 0.3 is 5.97 Å². The topological polar surface area (TPSA) is 66.8 Å². The number of carboxylic acids is 1. The van der Waals surface area contributed by atoms with Crippen LogP contribution in [0.25, 0.3) is 0 Å². The summed E-state index contributed by atoms with van der Waals surface area (Å²) in [5, 5.41) is 8.46. The standard InChI is InChI=1S/C10H19NO4/c1-8(2)11(6-7-15-3)9(12)4-5-10(13)14/h8H,4-7H2,1-3H3,(H,13,14). The van der Waals surface area contributed by atoms with Gasteiger partial charge in [-0.2, -0.15) is 0 Å². The van der Waals surface area contributed by atoms with Crippen LogP contribution in [0.3, 0.4) is 0 Å². The van der Waals surface area contributed by atoms with Crippen molar-refractivity contribution in [2.24, 2.45) is 0 Å². The minimum Gasteiger partial charge on any atom is -0.481 e. The predicted molar refractivity (Wildman–Crippen MR) is 55.6 cm³/mol. The Morgan fingerprint density at radius 3 is 2.33 bits per heavy atom. The molecule has 0 rings (SSSR count). The summed E-state index contributed by atoms with van der Waals surface area (Å²) in [4.78, 5) is 23.5. The molecule has 5 nitrogen and oxygen atoms in total. The van der Waals surface area contributed by atoms with Gasteiger partial charge in [0.1, 0.15) is 0 Å². The van der Waals surface area contributed by atoms with Crippen LogP contribution in [-0.2, 0) is 14.3 Å². The number of methoxy groups -OCH3 is 1. The second-order valence-corrected chi connectivity index (χ2v) is 3.57. The number of carboxylic acid groups (broad SMARTS) is 1. The first-order chi connectivity index (χ1) is 6.99. The molecule has 1 N–H and O–H groups in total. The molecule has 0 unspecified atom stereocenters. The Bertz CT molecular complexity index is 215. The van der Waals surface area contributed by atoms with Crippen LogP contribution >= 0.6 is 0 Å². The molecule has 0 aromatic rings. The Labute approximate surface area is 90.0 Å². The maximum absolute atomic E-state index is 11.6. The maximum Gasteiger partial charge on any atom is 0.303 e. The molecule has 0 fully saturated rings. The van der Waals surface area contributed by atoms with E-state index in [1.165, 1.54) is 0 Å². The summed E-state index contributed by atoms with van der Waals surface area (Å²) < 4.78 is 4.89. The van der Waals surface area contributed by atoms with Crippen molar-refractivity contribution in [1.29, 1.82) is 0 Å². The number of rotatable bonds is 7. The Morgan fingerprint density at radius 1 is 1.33 bits per heavy atom. The van der Waals surface area contributed by atoms with Gasteiger partial charge in [0.05, 0.1) is 13.0 Å². The van der Waals surface area contributed by atoms with Crippen LogP contribution < -0.4 is 0 Å². The van der Waals surface area contributed by atoms with E-state index in [9.17, 15) is 9.59 Å². The normalized spacial score (nSPS) is 10.4. The zero-order valence-corrected chi connectivity index (χ0v) is 9.52. The lowest BCUT2D eigenvalue weighted by molar-refractivity contribution is -0.141. The van der Waals surface area contributed by atoms with Gasteiger partial charge in [0.25, 0.3) is 0 Å². The second-order valence-electron chi connectivity index (χ2n) is 3.57. The number of amides is 1. The Hall–Kier alpha value is -1.10. The highest BCUT2D eigenvalue weighted by molar-refractivity contribution is 5.80. The number of hydrogen-bond acceptors (Lipinski definition) is 3. The monoisotopic (exact) mass is 217 g/mol. The molecule has 0 saturated heterocycles. The van der Waals surface area contributed by atoms with Gasteiger partial charge in [-0.15, -0.1) is 0 Å². The molecule has 0 aromatic heterocycles. The van der Waals surface area contributed by atoms with Crippen molar-refractivity contribution in [3.05, 3.63) is 0 Å². The van der Waals surface area contributed by atoms with Crippen molar-refractivity contribution < 1.29 is 19.4 Å². The first-order valence-corrected chi connectivity index (χ1v) is 4.99. The summed E-state index contributed by atoms with van der Waals surface area (Å²) in [6, 6.07) is 0.0708. The number of ether oxygens (including phenoxy) is 1. The van der Waals surface area contributed by atoms with Crippen molar-refractivity contribution in [3.8, 4) is 0 Å². The van der Waals surface area contributed by atoms with Crippen LogP contribution in [0.2, 0.25) is 0 Å². The number of nitrogens with zero attached hydrogens (tertiary/aromatic N) is 1. The molecule has 88 valence electrons. The Morgan fingerprint density at radius 2 is 1.93 bits per heavy atom. The van der Waals surface area contributed by atoms with E-state index in [-0.39, 0.29) is 24.8 Å². The van der Waals surface area contributed by atoms with E-state index in [0.29, 0.717) is 13.2 Å². The van der Waals surface area contributed by atoms with Gasteiger partial charge in [-0.1, -0.05) is 0 Å². The van der Waals surface area contributed by atoms with Crippen LogP contribution in [0.4, 0.5) is 0 Å². The third kappa shape index (κ3) is 6.06. The number of aliphatic carboxylic acids is 1. The highest BCUT2D eigenvalue weighted by Gasteiger charge is 2.17. The van der Waals surface area contributed by atoms with Gasteiger partial charge < -0.3 is 14.7 Å². The SMILES string of the molecule is COCCN(C(=O)CCC(=O)O)C(C)C. The van der Waals surface area contributed by atoms with Crippen LogP contribution in [0, 0.1) is 0 Å². The third-order valence-electron chi connectivity index (χ3n) is 2.03. The molecule has 0 atom stereocenters. The lowest BCUT2D eigenvalue weighted by atomic mass is 10.2. The van der Waals surface area contributed by atoms with Crippen LogP contribution in [-0.4, -0.2) is 48.2 Å². The Kier molecular flexibility index (Phi) is 6.70. The largest absolute Gasteiger partial charge is 0.481 e. The van der Waals surface area contributed by atoms with E-state index < -0.39 is 5.97 Å². The number of carbonyl (C=O) groups is 2.